The molecule has 0 aliphatic rings. The minimum absolute atomic E-state index is 0.0582. The Bertz CT molecular complexity index is 710. The number of hydrogen-bond donors (Lipinski definition) is 1. The highest BCUT2D eigenvalue weighted by Gasteiger charge is 2.32. The molecule has 0 aliphatic heterocycles. The van der Waals surface area contributed by atoms with Gasteiger partial charge < -0.3 is 18.9 Å². The van der Waals surface area contributed by atoms with Gasteiger partial charge in [0, 0.05) is 18.6 Å². The lowest BCUT2D eigenvalue weighted by molar-refractivity contribution is -0.870. The van der Waals surface area contributed by atoms with Gasteiger partial charge in [0.05, 0.1) is 41.0 Å². The zero-order chi connectivity index (χ0) is 37.1. The van der Waals surface area contributed by atoms with E-state index in [1.54, 1.807) is 0 Å². The Morgan fingerprint density at radius 1 is 0.460 bits per heavy atom. The van der Waals surface area contributed by atoms with E-state index in [4.69, 9.17) is 18.5 Å². The van der Waals surface area contributed by atoms with Crippen LogP contribution in [0.15, 0.2) is 0 Å². The second-order valence-electron chi connectivity index (χ2n) is 16.7. The van der Waals surface area contributed by atoms with E-state index in [2.05, 4.69) is 13.8 Å². The molecular weight excluding hydrogens is 645 g/mol. The predicted octanol–water partition coefficient (Wildman–Crippen LogP) is 12.8. The molecule has 0 saturated carbocycles. The van der Waals surface area contributed by atoms with Crippen molar-refractivity contribution in [3.63, 3.8) is 0 Å². The van der Waals surface area contributed by atoms with Gasteiger partial charge in [-0.2, -0.15) is 0 Å². The van der Waals surface area contributed by atoms with E-state index in [1.807, 2.05) is 28.1 Å². The first kappa shape index (κ1) is 50.0. The van der Waals surface area contributed by atoms with E-state index in [0.29, 0.717) is 37.5 Å². The van der Waals surface area contributed by atoms with Crippen molar-refractivity contribution in [1.82, 2.24) is 0 Å². The quantitative estimate of drug-likeness (QED) is 0.0383. The summed E-state index contributed by atoms with van der Waals surface area (Å²) in [6.45, 7) is 9.69. The number of rotatable bonds is 41. The maximum Gasteiger partial charge on any atom is 0.472 e. The first-order valence-electron chi connectivity index (χ1n) is 21.6. The molecule has 0 radical (unpaired) electrons. The van der Waals surface area contributed by atoms with E-state index >= 15 is 0 Å². The summed E-state index contributed by atoms with van der Waals surface area (Å²) in [7, 11) is 1.92. The molecule has 1 atom stereocenters. The monoisotopic (exact) mass is 735 g/mol. The zero-order valence-electron chi connectivity index (χ0n) is 34.6. The van der Waals surface area contributed by atoms with Crippen molar-refractivity contribution in [1.29, 1.82) is 0 Å². The van der Waals surface area contributed by atoms with Crippen LogP contribution in [0, 0.1) is 5.41 Å². The summed E-state index contributed by atoms with van der Waals surface area (Å²) in [5.41, 5.74) is -0.520. The molecule has 50 heavy (non-hydrogen) atoms. The molecular formula is C42H89NO6P+. The predicted molar refractivity (Wildman–Crippen MR) is 215 cm³/mol. The largest absolute Gasteiger partial charge is 0.472 e. The fourth-order valence-corrected chi connectivity index (χ4v) is 7.13. The lowest BCUT2D eigenvalue weighted by Gasteiger charge is -2.30. The van der Waals surface area contributed by atoms with Gasteiger partial charge in [-0.05, 0) is 12.8 Å². The Balaban J connectivity index is 4.22. The number of nitrogens with zero attached hydrogens (tertiary/aromatic N) is 1. The van der Waals surface area contributed by atoms with Crippen LogP contribution >= 0.6 is 7.82 Å². The second-order valence-corrected chi connectivity index (χ2v) is 18.2. The Morgan fingerprint density at radius 2 is 0.760 bits per heavy atom. The molecule has 0 spiro atoms. The van der Waals surface area contributed by atoms with E-state index < -0.39 is 13.2 Å². The Kier molecular flexibility index (Phi) is 34.7. The topological polar surface area (TPSA) is 74.2 Å². The first-order valence-corrected chi connectivity index (χ1v) is 23.1. The van der Waals surface area contributed by atoms with Crippen LogP contribution in [0.1, 0.15) is 201 Å². The molecule has 1 N–H and O–H groups in total. The average Bonchev–Trinajstić information content (AvgIpc) is 3.06. The van der Waals surface area contributed by atoms with E-state index in [1.165, 1.54) is 167 Å². The number of unbranched alkanes of at least 4 members (excludes halogenated alkanes) is 26. The van der Waals surface area contributed by atoms with Gasteiger partial charge >= 0.3 is 7.82 Å². The van der Waals surface area contributed by atoms with Gasteiger partial charge in [-0.3, -0.25) is 9.05 Å². The number of phosphoric ester groups is 1. The summed E-state index contributed by atoms with van der Waals surface area (Å²) in [6, 6.07) is 0. The molecule has 0 saturated heterocycles. The molecule has 0 heterocycles. The molecule has 7 nitrogen and oxygen atoms in total. The maximum absolute atomic E-state index is 12.6. The average molecular weight is 735 g/mol. The molecule has 0 aliphatic carbocycles. The Morgan fingerprint density at radius 3 is 1.06 bits per heavy atom. The normalized spacial score (nSPS) is 13.7. The zero-order valence-corrected chi connectivity index (χ0v) is 35.5. The van der Waals surface area contributed by atoms with Gasteiger partial charge in [-0.15, -0.1) is 0 Å². The van der Waals surface area contributed by atoms with E-state index in [-0.39, 0.29) is 13.2 Å². The van der Waals surface area contributed by atoms with E-state index in [9.17, 15) is 9.46 Å². The van der Waals surface area contributed by atoms with Crippen molar-refractivity contribution < 1.29 is 32.5 Å². The highest BCUT2D eigenvalue weighted by Crippen LogP contribution is 2.44. The molecule has 0 aromatic rings. The van der Waals surface area contributed by atoms with Gasteiger partial charge in [0.15, 0.2) is 0 Å². The van der Waals surface area contributed by atoms with Crippen LogP contribution in [-0.2, 0) is 23.1 Å². The van der Waals surface area contributed by atoms with Crippen LogP contribution in [0.5, 0.6) is 0 Å². The van der Waals surface area contributed by atoms with Crippen molar-refractivity contribution in [2.24, 2.45) is 5.41 Å². The highest BCUT2D eigenvalue weighted by molar-refractivity contribution is 7.47. The smallest absolute Gasteiger partial charge is 0.381 e. The number of phosphoric acid groups is 1. The van der Waals surface area contributed by atoms with Crippen LogP contribution in [0.2, 0.25) is 0 Å². The van der Waals surface area contributed by atoms with Gasteiger partial charge in [0.2, 0.25) is 0 Å². The molecule has 0 rings (SSSR count). The van der Waals surface area contributed by atoms with Crippen LogP contribution in [0.4, 0.5) is 0 Å². The van der Waals surface area contributed by atoms with Gasteiger partial charge in [-0.25, -0.2) is 4.57 Å². The molecule has 302 valence electrons. The summed E-state index contributed by atoms with van der Waals surface area (Å²) in [5, 5.41) is 0. The summed E-state index contributed by atoms with van der Waals surface area (Å²) >= 11 is 0. The maximum atomic E-state index is 12.6. The lowest BCUT2D eigenvalue weighted by atomic mass is 9.94. The summed E-state index contributed by atoms with van der Waals surface area (Å²) in [4.78, 5) is 10.3. The fourth-order valence-electron chi connectivity index (χ4n) is 6.26. The van der Waals surface area contributed by atoms with Crippen molar-refractivity contribution in [3.05, 3.63) is 0 Å². The minimum Gasteiger partial charge on any atom is -0.381 e. The van der Waals surface area contributed by atoms with Gasteiger partial charge in [-0.1, -0.05) is 188 Å². The van der Waals surface area contributed by atoms with Crippen molar-refractivity contribution >= 4 is 7.82 Å². The second kappa shape index (κ2) is 34.7. The number of likely N-dealkylation sites (N-methyl/N-ethyl adjacent to an activating group) is 1. The molecule has 0 fully saturated rings. The summed E-state index contributed by atoms with van der Waals surface area (Å²) in [5.74, 6) is 0. The van der Waals surface area contributed by atoms with Crippen LogP contribution in [0.25, 0.3) is 0 Å². The SMILES string of the molecule is CCCCCCCCCCCCCCCCOCC(C)(COCCCCCCCCCCCCCCCC)COP(=O)(O)OCC[N+](C)(C)C. The van der Waals surface area contributed by atoms with Crippen LogP contribution < -0.4 is 0 Å². The summed E-state index contributed by atoms with van der Waals surface area (Å²) < 4.78 is 36.2. The van der Waals surface area contributed by atoms with Crippen LogP contribution in [-0.4, -0.2) is 76.7 Å². The molecule has 0 bridgehead atoms. The fraction of sp³-hybridized carbons (Fsp3) is 1.00. The van der Waals surface area contributed by atoms with Crippen molar-refractivity contribution in [2.45, 2.75) is 201 Å². The molecule has 0 aromatic carbocycles. The molecule has 1 unspecified atom stereocenters. The first-order chi connectivity index (χ1) is 24.0. The number of hydrogen-bond acceptors (Lipinski definition) is 5. The minimum atomic E-state index is -4.15. The van der Waals surface area contributed by atoms with Gasteiger partial charge in [0.1, 0.15) is 13.2 Å². The Hall–Kier alpha value is -0.0100. The third kappa shape index (κ3) is 37.7. The van der Waals surface area contributed by atoms with E-state index in [0.717, 1.165) is 12.8 Å². The van der Waals surface area contributed by atoms with Crippen molar-refractivity contribution in [3.8, 4) is 0 Å². The number of quaternary nitrogens is 1. The molecule has 0 aromatic heterocycles. The lowest BCUT2D eigenvalue weighted by Crippen LogP contribution is -2.37. The Labute approximate surface area is 312 Å². The number of ether oxygens (including phenoxy) is 2. The third-order valence-electron chi connectivity index (χ3n) is 9.78. The van der Waals surface area contributed by atoms with Crippen molar-refractivity contribution in [2.75, 3.05) is 67.3 Å². The molecule has 8 heteroatoms. The highest BCUT2D eigenvalue weighted by atomic mass is 31.2. The van der Waals surface area contributed by atoms with Crippen LogP contribution in [0.3, 0.4) is 0 Å². The standard InChI is InChI=1S/C42H88NO6P/c1-7-9-11-13-15-17-19-21-23-25-27-29-31-33-36-46-39-42(3,41-49-50(44,45)48-38-35-43(4,5)6)40-47-37-34-32-30-28-26-24-22-20-18-16-14-12-10-8-2/h7-41H2,1-6H3/p+1. The summed E-state index contributed by atoms with van der Waals surface area (Å²) in [6.07, 6.45) is 37.4. The third-order valence-corrected chi connectivity index (χ3v) is 10.7. The molecule has 0 amide bonds. The van der Waals surface area contributed by atoms with Gasteiger partial charge in [0.25, 0.3) is 0 Å².